The Morgan fingerprint density at radius 1 is 1.25 bits per heavy atom. The first kappa shape index (κ1) is 17.1. The summed E-state index contributed by atoms with van der Waals surface area (Å²) >= 11 is 0. The second-order valence-corrected chi connectivity index (χ2v) is 7.98. The highest BCUT2D eigenvalue weighted by Crippen LogP contribution is 2.20. The topological polar surface area (TPSA) is 46.2 Å². The van der Waals surface area contributed by atoms with Gasteiger partial charge in [0.15, 0.2) is 0 Å². The van der Waals surface area contributed by atoms with E-state index >= 15 is 0 Å². The Morgan fingerprint density at radius 3 is 2.50 bits per heavy atom. The van der Waals surface area contributed by atoms with Gasteiger partial charge < -0.3 is 5.32 Å². The van der Waals surface area contributed by atoms with Crippen LogP contribution in [-0.2, 0) is 9.84 Å². The Morgan fingerprint density at radius 2 is 1.95 bits per heavy atom. The minimum atomic E-state index is -3.00. The van der Waals surface area contributed by atoms with Gasteiger partial charge in [-0.3, -0.25) is 0 Å². The number of benzene rings is 1. The molecule has 0 aromatic heterocycles. The maximum atomic E-state index is 13.3. The number of hydrogen-bond donors (Lipinski definition) is 1. The lowest BCUT2D eigenvalue weighted by Gasteiger charge is -2.19. The molecule has 1 atom stereocenters. The van der Waals surface area contributed by atoms with Crippen LogP contribution in [0, 0.1) is 11.7 Å². The highest BCUT2D eigenvalue weighted by atomic mass is 32.2. The summed E-state index contributed by atoms with van der Waals surface area (Å²) in [6, 6.07) is 6.41. The summed E-state index contributed by atoms with van der Waals surface area (Å²) in [5.41, 5.74) is 0.852. The molecule has 114 valence electrons. The van der Waals surface area contributed by atoms with E-state index in [-0.39, 0.29) is 17.5 Å². The lowest BCUT2D eigenvalue weighted by Crippen LogP contribution is -2.26. The third-order valence-electron chi connectivity index (χ3n) is 3.10. The summed E-state index contributed by atoms with van der Waals surface area (Å²) in [5.74, 6) is 0.380. The molecule has 5 heteroatoms. The first-order valence-electron chi connectivity index (χ1n) is 6.92. The molecule has 1 aromatic carbocycles. The van der Waals surface area contributed by atoms with E-state index in [0.717, 1.165) is 12.1 Å². The molecular formula is C15H24FNO2S. The van der Waals surface area contributed by atoms with Crippen LogP contribution < -0.4 is 5.32 Å². The van der Waals surface area contributed by atoms with Gasteiger partial charge in [0.2, 0.25) is 0 Å². The lowest BCUT2D eigenvalue weighted by atomic mass is 9.96. The van der Waals surface area contributed by atoms with Crippen molar-refractivity contribution in [3.05, 3.63) is 35.6 Å². The molecule has 0 aliphatic carbocycles. The second-order valence-electron chi connectivity index (χ2n) is 5.72. The molecule has 0 radical (unpaired) electrons. The lowest BCUT2D eigenvalue weighted by molar-refractivity contribution is 0.506. The van der Waals surface area contributed by atoms with Gasteiger partial charge in [-0.2, -0.15) is 0 Å². The summed E-state index contributed by atoms with van der Waals surface area (Å²) < 4.78 is 36.0. The molecule has 1 N–H and O–H groups in total. The van der Waals surface area contributed by atoms with Crippen LogP contribution in [0.1, 0.15) is 31.7 Å². The third-order valence-corrected chi connectivity index (χ3v) is 4.08. The molecule has 0 heterocycles. The van der Waals surface area contributed by atoms with Gasteiger partial charge in [-0.05, 0) is 42.5 Å². The Kier molecular flexibility index (Phi) is 6.62. The van der Waals surface area contributed by atoms with Crippen LogP contribution >= 0.6 is 0 Å². The molecule has 20 heavy (non-hydrogen) atoms. The van der Waals surface area contributed by atoms with E-state index in [1.54, 1.807) is 6.07 Å². The molecular weight excluding hydrogens is 277 g/mol. The van der Waals surface area contributed by atoms with Crippen molar-refractivity contribution in [1.29, 1.82) is 0 Å². The maximum absolute atomic E-state index is 13.3. The quantitative estimate of drug-likeness (QED) is 0.803. The van der Waals surface area contributed by atoms with Gasteiger partial charge in [0.25, 0.3) is 0 Å². The summed E-state index contributed by atoms with van der Waals surface area (Å²) in [7, 11) is -3.00. The normalized spacial score (nSPS) is 13.7. The van der Waals surface area contributed by atoms with E-state index in [0.29, 0.717) is 18.9 Å². The third kappa shape index (κ3) is 7.01. The van der Waals surface area contributed by atoms with Crippen molar-refractivity contribution in [2.24, 2.45) is 5.92 Å². The average molecular weight is 301 g/mol. The van der Waals surface area contributed by atoms with Crippen molar-refractivity contribution in [1.82, 2.24) is 5.32 Å². The average Bonchev–Trinajstić information content (AvgIpc) is 2.31. The summed E-state index contributed by atoms with van der Waals surface area (Å²) in [6.45, 7) is 5.75. The van der Waals surface area contributed by atoms with Crippen LogP contribution in [0.15, 0.2) is 24.3 Å². The first-order valence-corrected chi connectivity index (χ1v) is 8.98. The van der Waals surface area contributed by atoms with Gasteiger partial charge in [-0.25, -0.2) is 12.8 Å². The van der Waals surface area contributed by atoms with Gasteiger partial charge in [0, 0.05) is 12.8 Å². The van der Waals surface area contributed by atoms with E-state index in [2.05, 4.69) is 19.2 Å². The fourth-order valence-corrected chi connectivity index (χ4v) is 2.76. The summed E-state index contributed by atoms with van der Waals surface area (Å²) in [6.07, 6.45) is 1.74. The maximum Gasteiger partial charge on any atom is 0.147 e. The fourth-order valence-electron chi connectivity index (χ4n) is 2.05. The molecule has 0 bridgehead atoms. The number of rotatable bonds is 8. The molecule has 0 spiro atoms. The van der Waals surface area contributed by atoms with E-state index in [4.69, 9.17) is 0 Å². The van der Waals surface area contributed by atoms with Crippen LogP contribution in [0.3, 0.4) is 0 Å². The van der Waals surface area contributed by atoms with E-state index in [9.17, 15) is 12.8 Å². The van der Waals surface area contributed by atoms with Crippen molar-refractivity contribution in [3.63, 3.8) is 0 Å². The molecule has 0 amide bonds. The monoisotopic (exact) mass is 301 g/mol. The molecule has 0 saturated carbocycles. The minimum Gasteiger partial charge on any atom is -0.316 e. The number of hydrogen-bond acceptors (Lipinski definition) is 3. The molecule has 0 aliphatic heterocycles. The molecule has 0 saturated heterocycles. The number of nitrogens with one attached hydrogen (secondary N) is 1. The van der Waals surface area contributed by atoms with Gasteiger partial charge in [-0.15, -0.1) is 0 Å². The van der Waals surface area contributed by atoms with Gasteiger partial charge in [0.05, 0.1) is 5.75 Å². The zero-order valence-electron chi connectivity index (χ0n) is 12.4. The van der Waals surface area contributed by atoms with Crippen LogP contribution in [-0.4, -0.2) is 33.5 Å². The summed E-state index contributed by atoms with van der Waals surface area (Å²) in [5, 5.41) is 3.32. The number of sulfone groups is 1. The molecule has 3 nitrogen and oxygen atoms in total. The second kappa shape index (κ2) is 7.74. The van der Waals surface area contributed by atoms with Gasteiger partial charge in [0.1, 0.15) is 15.7 Å². The van der Waals surface area contributed by atoms with Crippen LogP contribution in [0.4, 0.5) is 4.39 Å². The highest BCUT2D eigenvalue weighted by molar-refractivity contribution is 7.90. The van der Waals surface area contributed by atoms with E-state index < -0.39 is 9.84 Å². The van der Waals surface area contributed by atoms with Crippen molar-refractivity contribution in [2.45, 2.75) is 26.2 Å². The summed E-state index contributed by atoms with van der Waals surface area (Å²) in [4.78, 5) is 0. The Labute approximate surface area is 121 Å². The Bertz CT molecular complexity index is 514. The smallest absolute Gasteiger partial charge is 0.147 e. The van der Waals surface area contributed by atoms with Crippen LogP contribution in [0.25, 0.3) is 0 Å². The Balaban J connectivity index is 2.73. The van der Waals surface area contributed by atoms with Crippen molar-refractivity contribution in [2.75, 3.05) is 25.1 Å². The van der Waals surface area contributed by atoms with E-state index in [1.165, 1.54) is 18.4 Å². The fraction of sp³-hybridized carbons (Fsp3) is 0.600. The molecule has 1 unspecified atom stereocenters. The van der Waals surface area contributed by atoms with Crippen LogP contribution in [0.2, 0.25) is 0 Å². The van der Waals surface area contributed by atoms with Crippen molar-refractivity contribution >= 4 is 9.84 Å². The predicted molar refractivity (Wildman–Crippen MR) is 81.2 cm³/mol. The largest absolute Gasteiger partial charge is 0.316 e. The Hall–Kier alpha value is -0.940. The van der Waals surface area contributed by atoms with Gasteiger partial charge in [-0.1, -0.05) is 26.0 Å². The van der Waals surface area contributed by atoms with Gasteiger partial charge >= 0.3 is 0 Å². The van der Waals surface area contributed by atoms with Crippen LogP contribution in [0.5, 0.6) is 0 Å². The van der Waals surface area contributed by atoms with Crippen molar-refractivity contribution < 1.29 is 12.8 Å². The molecule has 0 fully saturated rings. The first-order chi connectivity index (χ1) is 9.28. The van der Waals surface area contributed by atoms with E-state index in [1.807, 2.05) is 6.07 Å². The molecule has 0 aliphatic rings. The highest BCUT2D eigenvalue weighted by Gasteiger charge is 2.15. The number of halogens is 1. The predicted octanol–water partition coefficient (Wildman–Crippen LogP) is 2.59. The minimum absolute atomic E-state index is 0.0131. The standard InChI is InChI=1S/C15H24FNO2S/c1-12(2)10-17-11-14(7-8-20(3,18)19)13-5-4-6-15(16)9-13/h4-6,9,12,14,17H,7-8,10-11H2,1-3H3. The zero-order chi connectivity index (χ0) is 15.2. The zero-order valence-corrected chi connectivity index (χ0v) is 13.2. The van der Waals surface area contributed by atoms with Crippen molar-refractivity contribution in [3.8, 4) is 0 Å². The SMILES string of the molecule is CC(C)CNCC(CCS(C)(=O)=O)c1cccc(F)c1. The molecule has 1 aromatic rings. The molecule has 1 rings (SSSR count).